The second kappa shape index (κ2) is 8.02. The molecule has 4 nitrogen and oxygen atoms in total. The van der Waals surface area contributed by atoms with Crippen LogP contribution in [0.5, 0.6) is 0 Å². The summed E-state index contributed by atoms with van der Waals surface area (Å²) in [6, 6.07) is 14.6. The van der Waals surface area contributed by atoms with Crippen molar-refractivity contribution >= 4 is 23.3 Å². The molecular formula is C21H22ClNO3. The fourth-order valence-corrected chi connectivity index (χ4v) is 3.22. The second-order valence-electron chi connectivity index (χ2n) is 6.64. The highest BCUT2D eigenvalue weighted by Gasteiger charge is 2.47. The number of benzene rings is 2. The van der Waals surface area contributed by atoms with Gasteiger partial charge in [-0.25, -0.2) is 0 Å². The first kappa shape index (κ1) is 18.6. The quantitative estimate of drug-likeness (QED) is 0.757. The van der Waals surface area contributed by atoms with Gasteiger partial charge >= 0.3 is 0 Å². The number of amides is 1. The fraction of sp³-hybridized carbons (Fsp3) is 0.333. The van der Waals surface area contributed by atoms with E-state index in [9.17, 15) is 9.59 Å². The molecule has 1 aliphatic heterocycles. The lowest BCUT2D eigenvalue weighted by molar-refractivity contribution is -0.145. The maximum Gasteiger partial charge on any atom is 0.235 e. The molecule has 0 radical (unpaired) electrons. The van der Waals surface area contributed by atoms with E-state index in [2.05, 4.69) is 5.32 Å². The monoisotopic (exact) mass is 371 g/mol. The van der Waals surface area contributed by atoms with Crippen LogP contribution in [0.3, 0.4) is 0 Å². The van der Waals surface area contributed by atoms with Gasteiger partial charge in [0, 0.05) is 23.6 Å². The summed E-state index contributed by atoms with van der Waals surface area (Å²) in [5, 5.41) is 3.51. The van der Waals surface area contributed by atoms with Crippen LogP contribution in [0.25, 0.3) is 0 Å². The van der Waals surface area contributed by atoms with Crippen molar-refractivity contribution in [3.8, 4) is 0 Å². The Balaban J connectivity index is 1.72. The molecule has 5 heteroatoms. The number of ketones is 1. The summed E-state index contributed by atoms with van der Waals surface area (Å²) in [6.07, 6.45) is 1.19. The van der Waals surface area contributed by atoms with Crippen molar-refractivity contribution in [3.05, 3.63) is 70.2 Å². The Morgan fingerprint density at radius 2 is 1.88 bits per heavy atom. The molecule has 0 spiro atoms. The van der Waals surface area contributed by atoms with Crippen LogP contribution in [0.4, 0.5) is 0 Å². The van der Waals surface area contributed by atoms with Gasteiger partial charge in [0.1, 0.15) is 5.41 Å². The third-order valence-corrected chi connectivity index (χ3v) is 4.92. The van der Waals surface area contributed by atoms with E-state index in [1.54, 1.807) is 24.3 Å². The van der Waals surface area contributed by atoms with Gasteiger partial charge in [-0.1, -0.05) is 54.9 Å². The van der Waals surface area contributed by atoms with Crippen LogP contribution in [0.2, 0.25) is 5.02 Å². The largest absolute Gasteiger partial charge is 0.378 e. The topological polar surface area (TPSA) is 55.4 Å². The van der Waals surface area contributed by atoms with E-state index in [1.165, 1.54) is 0 Å². The third kappa shape index (κ3) is 3.81. The lowest BCUT2D eigenvalue weighted by atomic mass is 9.77. The van der Waals surface area contributed by atoms with Crippen molar-refractivity contribution in [1.29, 1.82) is 0 Å². The average molecular weight is 372 g/mol. The van der Waals surface area contributed by atoms with Gasteiger partial charge in [0.05, 0.1) is 13.2 Å². The van der Waals surface area contributed by atoms with Crippen LogP contribution in [-0.4, -0.2) is 31.4 Å². The van der Waals surface area contributed by atoms with Crippen molar-refractivity contribution in [1.82, 2.24) is 5.32 Å². The normalized spacial score (nSPS) is 15.2. The fourth-order valence-electron chi connectivity index (χ4n) is 3.03. The number of halogens is 1. The molecule has 0 aliphatic carbocycles. The van der Waals surface area contributed by atoms with E-state index in [-0.39, 0.29) is 11.7 Å². The molecule has 0 unspecified atom stereocenters. The molecule has 1 heterocycles. The van der Waals surface area contributed by atoms with Gasteiger partial charge in [0.2, 0.25) is 5.91 Å². The molecule has 1 N–H and O–H groups in total. The van der Waals surface area contributed by atoms with Gasteiger partial charge in [0.25, 0.3) is 0 Å². The minimum atomic E-state index is -0.606. The Bertz CT molecular complexity index is 797. The van der Waals surface area contributed by atoms with E-state index >= 15 is 0 Å². The van der Waals surface area contributed by atoms with E-state index in [4.69, 9.17) is 16.3 Å². The van der Waals surface area contributed by atoms with Crippen molar-refractivity contribution in [2.24, 2.45) is 0 Å². The van der Waals surface area contributed by atoms with Crippen molar-refractivity contribution < 1.29 is 14.3 Å². The van der Waals surface area contributed by atoms with Crippen LogP contribution in [-0.2, 0) is 21.4 Å². The van der Waals surface area contributed by atoms with Crippen molar-refractivity contribution in [3.63, 3.8) is 0 Å². The van der Waals surface area contributed by atoms with Gasteiger partial charge < -0.3 is 10.1 Å². The number of ether oxygens (including phenoxy) is 1. The zero-order valence-electron chi connectivity index (χ0n) is 14.8. The number of Topliss-reactive ketones (excluding diaryl/α,β-unsaturated/α-hetero) is 1. The Kier molecular flexibility index (Phi) is 5.74. The standard InChI is InChI=1S/C21H22ClNO3/c1-2-10-23-20(25)21(13-26-14-21)17-8-6-15(7-9-17)11-19(24)16-4-3-5-18(22)12-16/h3-9,12H,2,10-11,13-14H2,1H3,(H,23,25). The molecule has 0 saturated carbocycles. The summed E-state index contributed by atoms with van der Waals surface area (Å²) >= 11 is 5.95. The molecule has 136 valence electrons. The first-order valence-electron chi connectivity index (χ1n) is 8.79. The number of nitrogens with one attached hydrogen (secondary N) is 1. The highest BCUT2D eigenvalue weighted by molar-refractivity contribution is 6.31. The molecule has 1 aliphatic rings. The minimum Gasteiger partial charge on any atom is -0.378 e. The molecule has 2 aromatic carbocycles. The summed E-state index contributed by atoms with van der Waals surface area (Å²) in [5.74, 6) is 0.0241. The molecule has 1 saturated heterocycles. The molecule has 1 amide bonds. The van der Waals surface area contributed by atoms with Crippen LogP contribution in [0, 0.1) is 0 Å². The Hall–Kier alpha value is -2.17. The van der Waals surface area contributed by atoms with Gasteiger partial charge in [-0.15, -0.1) is 0 Å². The average Bonchev–Trinajstić information content (AvgIpc) is 2.60. The van der Waals surface area contributed by atoms with Gasteiger partial charge in [-0.05, 0) is 29.7 Å². The number of carbonyl (C=O) groups excluding carboxylic acids is 2. The van der Waals surface area contributed by atoms with E-state index in [1.807, 2.05) is 31.2 Å². The Morgan fingerprint density at radius 1 is 1.15 bits per heavy atom. The molecule has 0 aromatic heterocycles. The summed E-state index contributed by atoms with van der Waals surface area (Å²) in [6.45, 7) is 3.47. The van der Waals surface area contributed by atoms with Gasteiger partial charge in [0.15, 0.2) is 5.78 Å². The Labute approximate surface area is 158 Å². The molecule has 26 heavy (non-hydrogen) atoms. The summed E-state index contributed by atoms with van der Waals surface area (Å²) in [4.78, 5) is 24.9. The van der Waals surface area contributed by atoms with E-state index in [0.29, 0.717) is 36.8 Å². The van der Waals surface area contributed by atoms with E-state index < -0.39 is 5.41 Å². The van der Waals surface area contributed by atoms with E-state index in [0.717, 1.165) is 17.5 Å². The van der Waals surface area contributed by atoms with Crippen molar-refractivity contribution in [2.45, 2.75) is 25.2 Å². The molecular weight excluding hydrogens is 350 g/mol. The molecule has 1 fully saturated rings. The second-order valence-corrected chi connectivity index (χ2v) is 7.07. The number of rotatable bonds is 7. The maximum absolute atomic E-state index is 12.5. The highest BCUT2D eigenvalue weighted by atomic mass is 35.5. The van der Waals surface area contributed by atoms with Gasteiger partial charge in [-0.2, -0.15) is 0 Å². The Morgan fingerprint density at radius 3 is 2.46 bits per heavy atom. The number of carbonyl (C=O) groups is 2. The summed E-state index contributed by atoms with van der Waals surface area (Å²) in [5.41, 5.74) is 1.83. The predicted molar refractivity (Wildman–Crippen MR) is 102 cm³/mol. The lowest BCUT2D eigenvalue weighted by Gasteiger charge is -2.40. The predicted octanol–water partition coefficient (Wildman–Crippen LogP) is 3.56. The minimum absolute atomic E-state index is 0.00774. The SMILES string of the molecule is CCCNC(=O)C1(c2ccc(CC(=O)c3cccc(Cl)c3)cc2)COC1. The van der Waals surface area contributed by atoms with Gasteiger partial charge in [-0.3, -0.25) is 9.59 Å². The zero-order valence-corrected chi connectivity index (χ0v) is 15.5. The molecule has 0 atom stereocenters. The van der Waals surface area contributed by atoms with Crippen LogP contribution in [0.1, 0.15) is 34.8 Å². The number of hydrogen-bond donors (Lipinski definition) is 1. The van der Waals surface area contributed by atoms with Crippen molar-refractivity contribution in [2.75, 3.05) is 19.8 Å². The summed E-state index contributed by atoms with van der Waals surface area (Å²) in [7, 11) is 0. The first-order chi connectivity index (χ1) is 12.5. The highest BCUT2D eigenvalue weighted by Crippen LogP contribution is 2.33. The number of hydrogen-bond acceptors (Lipinski definition) is 3. The maximum atomic E-state index is 12.5. The third-order valence-electron chi connectivity index (χ3n) is 4.68. The molecule has 3 rings (SSSR count). The first-order valence-corrected chi connectivity index (χ1v) is 9.17. The van der Waals surface area contributed by atoms with Crippen LogP contribution in [0.15, 0.2) is 48.5 Å². The molecule has 2 aromatic rings. The van der Waals surface area contributed by atoms with Crippen LogP contribution >= 0.6 is 11.6 Å². The van der Waals surface area contributed by atoms with Crippen LogP contribution < -0.4 is 5.32 Å². The lowest BCUT2D eigenvalue weighted by Crippen LogP contribution is -2.57. The summed E-state index contributed by atoms with van der Waals surface area (Å²) < 4.78 is 5.33. The smallest absolute Gasteiger partial charge is 0.235 e. The zero-order chi connectivity index (χ0) is 18.6. The molecule has 0 bridgehead atoms.